The van der Waals surface area contributed by atoms with Crippen LogP contribution in [0.4, 0.5) is 5.69 Å². The number of hydrogen-bond donors (Lipinski definition) is 0. The van der Waals surface area contributed by atoms with Crippen molar-refractivity contribution in [1.82, 2.24) is 0 Å². The fraction of sp³-hybridized carbons (Fsp3) is 0.160. The Kier molecular flexibility index (Phi) is 6.68. The highest BCUT2D eigenvalue weighted by Gasteiger charge is 2.13. The molecule has 2 aromatic carbocycles. The van der Waals surface area contributed by atoms with E-state index in [2.05, 4.69) is 115 Å². The Morgan fingerprint density at radius 1 is 0.964 bits per heavy atom. The number of aryl methyl sites for hydroxylation is 1. The van der Waals surface area contributed by atoms with E-state index in [1.54, 1.807) is 0 Å². The predicted octanol–water partition coefficient (Wildman–Crippen LogP) is 6.22. The Morgan fingerprint density at radius 3 is 2.57 bits per heavy atom. The molecule has 0 aliphatic carbocycles. The highest BCUT2D eigenvalue weighted by Crippen LogP contribution is 2.32. The smallest absolute Gasteiger partial charge is 0.213 e. The molecule has 0 radical (unpaired) electrons. The average molecular weight is 481 g/mol. The molecule has 2 nitrogen and oxygen atoms in total. The van der Waals surface area contributed by atoms with Gasteiger partial charge in [0.05, 0.1) is 5.39 Å². The molecule has 4 rings (SSSR count). The second-order valence-electron chi connectivity index (χ2n) is 6.67. The monoisotopic (exact) mass is 481 g/mol. The van der Waals surface area contributed by atoms with Crippen molar-refractivity contribution in [2.24, 2.45) is 0 Å². The van der Waals surface area contributed by atoms with E-state index in [4.69, 9.17) is 0 Å². The summed E-state index contributed by atoms with van der Waals surface area (Å²) in [6.45, 7) is 6.31. The van der Waals surface area contributed by atoms with Crippen molar-refractivity contribution in [3.05, 3.63) is 96.3 Å². The number of benzene rings is 2. The number of fused-ring (bicyclic) bond motifs is 2. The van der Waals surface area contributed by atoms with Crippen LogP contribution in [0.2, 0.25) is 0 Å². The third kappa shape index (κ3) is 3.90. The number of para-hydroxylation sites is 2. The van der Waals surface area contributed by atoms with Gasteiger partial charge in [-0.25, -0.2) is 0 Å². The summed E-state index contributed by atoms with van der Waals surface area (Å²) in [6.07, 6.45) is 13.1. The normalized spacial score (nSPS) is 14.5. The van der Waals surface area contributed by atoms with E-state index in [-0.39, 0.29) is 24.0 Å². The predicted molar refractivity (Wildman–Crippen MR) is 131 cm³/mol. The van der Waals surface area contributed by atoms with Gasteiger partial charge in [0.25, 0.3) is 0 Å². The number of pyridine rings is 1. The van der Waals surface area contributed by atoms with Gasteiger partial charge in [0.2, 0.25) is 5.52 Å². The van der Waals surface area contributed by atoms with Crippen molar-refractivity contribution >= 4 is 52.2 Å². The lowest BCUT2D eigenvalue weighted by molar-refractivity contribution is -0.667. The molecule has 0 amide bonds. The number of nitrogens with zero attached hydrogens (tertiary/aromatic N) is 2. The lowest BCUT2D eigenvalue weighted by Crippen LogP contribution is -2.32. The zero-order valence-corrected chi connectivity index (χ0v) is 18.7. The van der Waals surface area contributed by atoms with Crippen molar-refractivity contribution in [1.29, 1.82) is 0 Å². The molecule has 1 aliphatic heterocycles. The van der Waals surface area contributed by atoms with Crippen LogP contribution in [-0.4, -0.2) is 6.54 Å². The highest BCUT2D eigenvalue weighted by molar-refractivity contribution is 14.0. The minimum absolute atomic E-state index is 0. The summed E-state index contributed by atoms with van der Waals surface area (Å²) in [4.78, 5) is 2.28. The van der Waals surface area contributed by atoms with Gasteiger partial charge < -0.3 is 4.90 Å². The molecule has 0 bridgehead atoms. The molecule has 0 saturated carbocycles. The zero-order valence-electron chi connectivity index (χ0n) is 16.4. The maximum absolute atomic E-state index is 2.28. The fourth-order valence-electron chi connectivity index (χ4n) is 3.71. The van der Waals surface area contributed by atoms with Crippen molar-refractivity contribution in [3.63, 3.8) is 0 Å². The third-order valence-electron chi connectivity index (χ3n) is 5.15. The summed E-state index contributed by atoms with van der Waals surface area (Å²) in [7, 11) is 0. The van der Waals surface area contributed by atoms with Gasteiger partial charge >= 0.3 is 0 Å². The van der Waals surface area contributed by atoms with Gasteiger partial charge in [-0.2, -0.15) is 4.57 Å². The summed E-state index contributed by atoms with van der Waals surface area (Å²) >= 11 is 0. The Labute approximate surface area is 184 Å². The number of allylic oxidation sites excluding steroid dienone is 4. The summed E-state index contributed by atoms with van der Waals surface area (Å²) in [5.74, 6) is 0. The molecule has 28 heavy (non-hydrogen) atoms. The molecular formula is C25H26IN2+. The number of hydrogen-bond acceptors (Lipinski definition) is 1. The van der Waals surface area contributed by atoms with Gasteiger partial charge in [0, 0.05) is 36.1 Å². The largest absolute Gasteiger partial charge is 0.348 e. The van der Waals surface area contributed by atoms with Crippen LogP contribution in [0.5, 0.6) is 0 Å². The van der Waals surface area contributed by atoms with E-state index in [1.807, 2.05) is 0 Å². The van der Waals surface area contributed by atoms with E-state index in [1.165, 1.54) is 33.3 Å². The maximum atomic E-state index is 2.28. The maximum Gasteiger partial charge on any atom is 0.213 e. The summed E-state index contributed by atoms with van der Waals surface area (Å²) in [5, 5.41) is 1.29. The molecule has 142 valence electrons. The molecule has 1 aliphatic rings. The standard InChI is InChI=1S/C25H25N2.HI/c1-3-26-18-16-20(22-12-5-7-14-24(22)26)10-9-11-21-17-19-27(4-2)25-15-8-6-13-23(21)25;/h5-19H,3-4H2,1-2H3;1H/q+1;. The van der Waals surface area contributed by atoms with Crippen LogP contribution in [0.3, 0.4) is 0 Å². The van der Waals surface area contributed by atoms with Crippen LogP contribution in [0.25, 0.3) is 22.6 Å². The van der Waals surface area contributed by atoms with Gasteiger partial charge in [-0.1, -0.05) is 48.6 Å². The van der Waals surface area contributed by atoms with E-state index in [0.29, 0.717) is 0 Å². The number of aromatic nitrogens is 1. The van der Waals surface area contributed by atoms with Gasteiger partial charge in [-0.15, -0.1) is 24.0 Å². The third-order valence-corrected chi connectivity index (χ3v) is 5.15. The number of rotatable bonds is 4. The van der Waals surface area contributed by atoms with Crippen LogP contribution < -0.4 is 9.47 Å². The van der Waals surface area contributed by atoms with Gasteiger partial charge in [0.1, 0.15) is 6.54 Å². The quantitative estimate of drug-likeness (QED) is 0.317. The summed E-state index contributed by atoms with van der Waals surface area (Å²) in [6, 6.07) is 19.4. The van der Waals surface area contributed by atoms with Crippen molar-refractivity contribution < 1.29 is 4.57 Å². The molecule has 3 heteroatoms. The van der Waals surface area contributed by atoms with Crippen molar-refractivity contribution in [2.45, 2.75) is 20.4 Å². The van der Waals surface area contributed by atoms with E-state index in [0.717, 1.165) is 13.1 Å². The lowest BCUT2D eigenvalue weighted by atomic mass is 9.99. The molecule has 0 saturated heterocycles. The molecular weight excluding hydrogens is 455 g/mol. The first-order valence-electron chi connectivity index (χ1n) is 9.65. The molecule has 0 unspecified atom stereocenters. The Bertz CT molecular complexity index is 1060. The van der Waals surface area contributed by atoms with Gasteiger partial charge in [0.15, 0.2) is 6.20 Å². The van der Waals surface area contributed by atoms with Gasteiger partial charge in [-0.05, 0) is 43.2 Å². The Hall–Kier alpha value is -2.40. The van der Waals surface area contributed by atoms with Crippen LogP contribution in [0.15, 0.2) is 85.2 Å². The minimum atomic E-state index is 0. The van der Waals surface area contributed by atoms with Gasteiger partial charge in [-0.3, -0.25) is 0 Å². The minimum Gasteiger partial charge on any atom is -0.348 e. The first-order chi connectivity index (χ1) is 13.3. The molecule has 0 spiro atoms. The lowest BCUT2D eigenvalue weighted by Gasteiger charge is -2.26. The van der Waals surface area contributed by atoms with Crippen LogP contribution in [0.1, 0.15) is 25.0 Å². The second-order valence-corrected chi connectivity index (χ2v) is 6.67. The van der Waals surface area contributed by atoms with E-state index >= 15 is 0 Å². The molecule has 2 heterocycles. The first kappa shape index (κ1) is 20.3. The van der Waals surface area contributed by atoms with Crippen LogP contribution >= 0.6 is 24.0 Å². The van der Waals surface area contributed by atoms with E-state index in [9.17, 15) is 0 Å². The second kappa shape index (κ2) is 9.20. The topological polar surface area (TPSA) is 7.12 Å². The molecule has 1 aromatic heterocycles. The highest BCUT2D eigenvalue weighted by atomic mass is 127. The molecule has 0 fully saturated rings. The van der Waals surface area contributed by atoms with Crippen molar-refractivity contribution in [3.8, 4) is 0 Å². The fourth-order valence-corrected chi connectivity index (χ4v) is 3.71. The average Bonchev–Trinajstić information content (AvgIpc) is 2.74. The number of anilines is 1. The Balaban J connectivity index is 0.00000225. The van der Waals surface area contributed by atoms with Crippen molar-refractivity contribution in [2.75, 3.05) is 11.4 Å². The number of halogens is 1. The molecule has 0 atom stereocenters. The zero-order chi connectivity index (χ0) is 18.6. The first-order valence-corrected chi connectivity index (χ1v) is 9.65. The van der Waals surface area contributed by atoms with E-state index < -0.39 is 0 Å². The summed E-state index contributed by atoms with van der Waals surface area (Å²) in [5.41, 5.74) is 6.33. The molecule has 0 N–H and O–H groups in total. The SMILES string of the molecule is CCN1C=CC(=C/C=C/c2cc[n+](CC)c3ccccc23)c2ccccc21.I. The van der Waals surface area contributed by atoms with Crippen LogP contribution in [-0.2, 0) is 6.54 Å². The molecule has 3 aromatic rings. The summed E-state index contributed by atoms with van der Waals surface area (Å²) < 4.78 is 2.28. The van der Waals surface area contributed by atoms with Crippen LogP contribution in [0, 0.1) is 0 Å². The Morgan fingerprint density at radius 2 is 1.75 bits per heavy atom.